The molecule has 0 aromatic heterocycles. The molecular formula is C16H18BFO3. The Hall–Kier alpha value is -1.85. The van der Waals surface area contributed by atoms with E-state index in [0.717, 1.165) is 24.2 Å². The molecule has 110 valence electrons. The summed E-state index contributed by atoms with van der Waals surface area (Å²) >= 11 is 0. The van der Waals surface area contributed by atoms with Crippen LogP contribution in [0.25, 0.3) is 11.1 Å². The van der Waals surface area contributed by atoms with Gasteiger partial charge in [-0.1, -0.05) is 37.6 Å². The van der Waals surface area contributed by atoms with Gasteiger partial charge in [0.15, 0.2) is 0 Å². The van der Waals surface area contributed by atoms with Gasteiger partial charge in [-0.3, -0.25) is 0 Å². The minimum absolute atomic E-state index is 0.127. The molecule has 0 aliphatic carbocycles. The van der Waals surface area contributed by atoms with Crippen molar-refractivity contribution in [1.29, 1.82) is 0 Å². The molecule has 0 amide bonds. The average Bonchev–Trinajstić information content (AvgIpc) is 2.48. The van der Waals surface area contributed by atoms with Crippen LogP contribution >= 0.6 is 0 Å². The van der Waals surface area contributed by atoms with Gasteiger partial charge in [0, 0.05) is 5.46 Å². The van der Waals surface area contributed by atoms with Crippen LogP contribution in [0.1, 0.15) is 19.8 Å². The molecule has 0 saturated carbocycles. The van der Waals surface area contributed by atoms with Crippen molar-refractivity contribution in [2.45, 2.75) is 19.8 Å². The van der Waals surface area contributed by atoms with Crippen LogP contribution in [0, 0.1) is 5.82 Å². The third-order valence-electron chi connectivity index (χ3n) is 3.23. The molecule has 5 heteroatoms. The maximum absolute atomic E-state index is 13.7. The average molecular weight is 288 g/mol. The molecule has 0 saturated heterocycles. The van der Waals surface area contributed by atoms with E-state index in [0.29, 0.717) is 12.2 Å². The summed E-state index contributed by atoms with van der Waals surface area (Å²) in [5.41, 5.74) is 1.39. The Morgan fingerprint density at radius 1 is 1.05 bits per heavy atom. The van der Waals surface area contributed by atoms with E-state index in [4.69, 9.17) is 14.8 Å². The lowest BCUT2D eigenvalue weighted by Crippen LogP contribution is -2.32. The fourth-order valence-corrected chi connectivity index (χ4v) is 1.99. The van der Waals surface area contributed by atoms with Gasteiger partial charge in [0.2, 0.25) is 0 Å². The second-order valence-electron chi connectivity index (χ2n) is 4.84. The minimum Gasteiger partial charge on any atom is -0.494 e. The van der Waals surface area contributed by atoms with Crippen LogP contribution in [0.3, 0.4) is 0 Å². The Morgan fingerprint density at radius 2 is 1.71 bits per heavy atom. The SMILES string of the molecule is CCCCOc1ccc(-c2ccc(B(O)O)c(F)c2)cc1. The predicted molar refractivity (Wildman–Crippen MR) is 82.1 cm³/mol. The molecule has 3 nitrogen and oxygen atoms in total. The summed E-state index contributed by atoms with van der Waals surface area (Å²) < 4.78 is 19.3. The van der Waals surface area contributed by atoms with Gasteiger partial charge < -0.3 is 14.8 Å². The van der Waals surface area contributed by atoms with E-state index in [1.165, 1.54) is 12.1 Å². The second kappa shape index (κ2) is 7.25. The molecule has 2 aromatic carbocycles. The van der Waals surface area contributed by atoms with Crippen molar-refractivity contribution in [3.63, 3.8) is 0 Å². The fraction of sp³-hybridized carbons (Fsp3) is 0.250. The predicted octanol–water partition coefficient (Wildman–Crippen LogP) is 2.35. The molecule has 0 bridgehead atoms. The summed E-state index contributed by atoms with van der Waals surface area (Å²) in [6.45, 7) is 2.79. The highest BCUT2D eigenvalue weighted by Gasteiger charge is 2.16. The first-order chi connectivity index (χ1) is 10.1. The van der Waals surface area contributed by atoms with E-state index in [-0.39, 0.29) is 5.46 Å². The summed E-state index contributed by atoms with van der Waals surface area (Å²) in [7, 11) is -1.80. The largest absolute Gasteiger partial charge is 0.494 e. The third-order valence-corrected chi connectivity index (χ3v) is 3.23. The normalized spacial score (nSPS) is 10.5. The monoisotopic (exact) mass is 288 g/mol. The van der Waals surface area contributed by atoms with Crippen molar-refractivity contribution in [3.05, 3.63) is 48.3 Å². The van der Waals surface area contributed by atoms with Crippen LogP contribution < -0.4 is 10.2 Å². The van der Waals surface area contributed by atoms with Crippen LogP contribution in [0.5, 0.6) is 5.75 Å². The maximum atomic E-state index is 13.7. The third kappa shape index (κ3) is 4.06. The Kier molecular flexibility index (Phi) is 5.36. The van der Waals surface area contributed by atoms with Gasteiger partial charge in [0.1, 0.15) is 11.6 Å². The van der Waals surface area contributed by atoms with Crippen molar-refractivity contribution in [2.75, 3.05) is 6.61 Å². The molecule has 2 rings (SSSR count). The number of hydrogen-bond donors (Lipinski definition) is 2. The van der Waals surface area contributed by atoms with Gasteiger partial charge in [0.05, 0.1) is 6.61 Å². The quantitative estimate of drug-likeness (QED) is 0.633. The first-order valence-electron chi connectivity index (χ1n) is 7.00. The highest BCUT2D eigenvalue weighted by atomic mass is 19.1. The molecule has 0 atom stereocenters. The summed E-state index contributed by atoms with van der Waals surface area (Å²) in [5, 5.41) is 18.0. The van der Waals surface area contributed by atoms with E-state index in [1.54, 1.807) is 6.07 Å². The number of hydrogen-bond acceptors (Lipinski definition) is 3. The maximum Gasteiger partial charge on any atom is 0.491 e. The molecule has 0 fully saturated rings. The molecule has 0 radical (unpaired) electrons. The molecule has 0 heterocycles. The zero-order valence-electron chi connectivity index (χ0n) is 11.9. The van der Waals surface area contributed by atoms with Crippen LogP contribution in [0.2, 0.25) is 0 Å². The zero-order chi connectivity index (χ0) is 15.2. The minimum atomic E-state index is -1.80. The zero-order valence-corrected chi connectivity index (χ0v) is 11.9. The van der Waals surface area contributed by atoms with E-state index in [2.05, 4.69) is 6.92 Å². The van der Waals surface area contributed by atoms with Gasteiger partial charge in [0.25, 0.3) is 0 Å². The lowest BCUT2D eigenvalue weighted by atomic mass is 9.79. The van der Waals surface area contributed by atoms with Gasteiger partial charge >= 0.3 is 7.12 Å². The molecule has 0 aliphatic rings. The van der Waals surface area contributed by atoms with Crippen molar-refractivity contribution in [2.24, 2.45) is 0 Å². The van der Waals surface area contributed by atoms with Crippen molar-refractivity contribution in [1.82, 2.24) is 0 Å². The van der Waals surface area contributed by atoms with E-state index < -0.39 is 12.9 Å². The number of unbranched alkanes of at least 4 members (excludes halogenated alkanes) is 1. The molecule has 0 unspecified atom stereocenters. The van der Waals surface area contributed by atoms with E-state index >= 15 is 0 Å². The Morgan fingerprint density at radius 3 is 2.29 bits per heavy atom. The van der Waals surface area contributed by atoms with Gasteiger partial charge in [-0.25, -0.2) is 4.39 Å². The fourth-order valence-electron chi connectivity index (χ4n) is 1.99. The van der Waals surface area contributed by atoms with E-state index in [9.17, 15) is 4.39 Å². The van der Waals surface area contributed by atoms with Crippen molar-refractivity contribution in [3.8, 4) is 16.9 Å². The lowest BCUT2D eigenvalue weighted by Gasteiger charge is -2.08. The number of ether oxygens (including phenoxy) is 1. The van der Waals surface area contributed by atoms with Gasteiger partial charge in [-0.2, -0.15) is 0 Å². The van der Waals surface area contributed by atoms with Crippen molar-refractivity contribution < 1.29 is 19.2 Å². The topological polar surface area (TPSA) is 49.7 Å². The van der Waals surface area contributed by atoms with Crippen molar-refractivity contribution >= 4 is 12.6 Å². The lowest BCUT2D eigenvalue weighted by molar-refractivity contribution is 0.309. The van der Waals surface area contributed by atoms with E-state index in [1.807, 2.05) is 24.3 Å². The van der Waals surface area contributed by atoms with Crippen LogP contribution in [-0.4, -0.2) is 23.8 Å². The summed E-state index contributed by atoms with van der Waals surface area (Å²) in [6.07, 6.45) is 2.10. The highest BCUT2D eigenvalue weighted by Crippen LogP contribution is 2.22. The summed E-state index contributed by atoms with van der Waals surface area (Å²) in [6, 6.07) is 11.7. The molecule has 21 heavy (non-hydrogen) atoms. The Balaban J connectivity index is 2.13. The molecule has 0 spiro atoms. The van der Waals surface area contributed by atoms with Crippen LogP contribution in [0.4, 0.5) is 4.39 Å². The van der Waals surface area contributed by atoms with Gasteiger partial charge in [-0.05, 0) is 35.7 Å². The van der Waals surface area contributed by atoms with Gasteiger partial charge in [-0.15, -0.1) is 0 Å². The Bertz CT molecular complexity index is 585. The highest BCUT2D eigenvalue weighted by molar-refractivity contribution is 6.58. The number of halogens is 1. The molecule has 0 aliphatic heterocycles. The van der Waals surface area contributed by atoms with Crippen LogP contribution in [0.15, 0.2) is 42.5 Å². The first-order valence-corrected chi connectivity index (χ1v) is 7.00. The second-order valence-corrected chi connectivity index (χ2v) is 4.84. The standard InChI is InChI=1S/C16H18BFO3/c1-2-3-10-21-14-7-4-12(5-8-14)13-6-9-15(17(19)20)16(18)11-13/h4-9,11,19-20H,2-3,10H2,1H3. The Labute approximate surface area is 124 Å². The molecule has 2 aromatic rings. The summed E-state index contributed by atoms with van der Waals surface area (Å²) in [5.74, 6) is 0.154. The number of rotatable bonds is 6. The smallest absolute Gasteiger partial charge is 0.491 e. The first kappa shape index (κ1) is 15.5. The summed E-state index contributed by atoms with van der Waals surface area (Å²) in [4.78, 5) is 0. The van der Waals surface area contributed by atoms with Crippen LogP contribution in [-0.2, 0) is 0 Å². The molecule has 2 N–H and O–H groups in total. The number of benzene rings is 2. The molecular weight excluding hydrogens is 270 g/mol.